The number of halogens is 2. The van der Waals surface area contributed by atoms with Crippen LogP contribution in [0, 0.1) is 34.3 Å². The van der Waals surface area contributed by atoms with Crippen molar-refractivity contribution in [3.05, 3.63) is 65.2 Å². The molecule has 4 rings (SSSR count). The molecule has 3 N–H and O–H groups in total. The molecule has 1 saturated heterocycles. The fourth-order valence-electron chi connectivity index (χ4n) is 4.21. The highest BCUT2D eigenvalue weighted by molar-refractivity contribution is 5.87. The number of hydrogen-bond acceptors (Lipinski definition) is 7. The van der Waals surface area contributed by atoms with Gasteiger partial charge in [-0.3, -0.25) is 0 Å². The Balaban J connectivity index is 1.90. The highest BCUT2D eigenvalue weighted by atomic mass is 19.1. The van der Waals surface area contributed by atoms with E-state index in [0.717, 1.165) is 0 Å². The number of nitrogens with zero attached hydrogens (tertiary/aromatic N) is 4. The maximum Gasteiger partial charge on any atom is 0.165 e. The van der Waals surface area contributed by atoms with E-state index in [9.17, 15) is 19.1 Å². The lowest BCUT2D eigenvalue weighted by Gasteiger charge is -2.38. The summed E-state index contributed by atoms with van der Waals surface area (Å²) in [5.74, 6) is -0.831. The Kier molecular flexibility index (Phi) is 6.65. The van der Waals surface area contributed by atoms with Gasteiger partial charge in [-0.25, -0.2) is 13.8 Å². The zero-order chi connectivity index (χ0) is 25.2. The van der Waals surface area contributed by atoms with Crippen LogP contribution in [0.25, 0.3) is 22.4 Å². The van der Waals surface area contributed by atoms with Gasteiger partial charge in [0.1, 0.15) is 17.7 Å². The second-order valence-corrected chi connectivity index (χ2v) is 8.43. The molecule has 0 radical (unpaired) electrons. The normalized spacial score (nSPS) is 14.8. The van der Waals surface area contributed by atoms with Gasteiger partial charge in [-0.1, -0.05) is 12.1 Å². The third kappa shape index (κ3) is 4.65. The molecule has 0 bridgehead atoms. The molecule has 35 heavy (non-hydrogen) atoms. The molecule has 1 fully saturated rings. The van der Waals surface area contributed by atoms with Gasteiger partial charge in [0, 0.05) is 30.8 Å². The number of piperidine rings is 1. The smallest absolute Gasteiger partial charge is 0.165 e. The van der Waals surface area contributed by atoms with Gasteiger partial charge in [0.15, 0.2) is 11.6 Å². The van der Waals surface area contributed by atoms with E-state index >= 15 is 0 Å². The van der Waals surface area contributed by atoms with Crippen LogP contribution in [-0.4, -0.2) is 42.4 Å². The molecule has 0 atom stereocenters. The number of pyridine rings is 1. The standard InChI is InChI=1S/C26H23F2N5O2/c1-35-22-5-4-16(10-21(22)28)24-19(14-30)12-23(33-8-6-26(34,15-31)7-9-33)32-25(24)17-2-3-18(13-29)20(27)11-17/h2-5,10-12,34H,6-9,15,31H2,1H3. The van der Waals surface area contributed by atoms with Crippen molar-refractivity contribution in [2.75, 3.05) is 31.6 Å². The number of anilines is 1. The van der Waals surface area contributed by atoms with Gasteiger partial charge in [0.25, 0.3) is 0 Å². The highest BCUT2D eigenvalue weighted by Crippen LogP contribution is 2.38. The molecular formula is C26H23F2N5O2. The Morgan fingerprint density at radius 3 is 2.26 bits per heavy atom. The van der Waals surface area contributed by atoms with Crippen molar-refractivity contribution in [2.45, 2.75) is 18.4 Å². The van der Waals surface area contributed by atoms with Gasteiger partial charge >= 0.3 is 0 Å². The molecule has 1 aromatic heterocycles. The number of nitrogens with two attached hydrogens (primary N) is 1. The first-order chi connectivity index (χ1) is 16.8. The predicted molar refractivity (Wildman–Crippen MR) is 126 cm³/mol. The summed E-state index contributed by atoms with van der Waals surface area (Å²) in [5, 5.41) is 29.6. The molecule has 1 aliphatic heterocycles. The average Bonchev–Trinajstić information content (AvgIpc) is 2.88. The topological polar surface area (TPSA) is 119 Å². The van der Waals surface area contributed by atoms with Crippen LogP contribution in [0.3, 0.4) is 0 Å². The summed E-state index contributed by atoms with van der Waals surface area (Å²) >= 11 is 0. The second-order valence-electron chi connectivity index (χ2n) is 8.43. The number of hydrogen-bond donors (Lipinski definition) is 2. The number of benzene rings is 2. The first-order valence-electron chi connectivity index (χ1n) is 11.0. The van der Waals surface area contributed by atoms with Crippen LogP contribution in [0.1, 0.15) is 24.0 Å². The minimum atomic E-state index is -0.950. The van der Waals surface area contributed by atoms with E-state index in [-0.39, 0.29) is 29.1 Å². The van der Waals surface area contributed by atoms with Gasteiger partial charge in [-0.15, -0.1) is 0 Å². The molecule has 7 nitrogen and oxygen atoms in total. The second kappa shape index (κ2) is 9.67. The van der Waals surface area contributed by atoms with Crippen molar-refractivity contribution in [1.29, 1.82) is 10.5 Å². The van der Waals surface area contributed by atoms with Crippen LogP contribution in [0.15, 0.2) is 42.5 Å². The van der Waals surface area contributed by atoms with Crippen molar-refractivity contribution in [3.8, 4) is 40.3 Å². The summed E-state index contributed by atoms with van der Waals surface area (Å²) in [6, 6.07) is 13.9. The van der Waals surface area contributed by atoms with E-state index in [1.165, 1.54) is 31.4 Å². The molecule has 0 saturated carbocycles. The van der Waals surface area contributed by atoms with Crippen molar-refractivity contribution < 1.29 is 18.6 Å². The van der Waals surface area contributed by atoms with Crippen molar-refractivity contribution in [3.63, 3.8) is 0 Å². The van der Waals surface area contributed by atoms with Crippen LogP contribution in [-0.2, 0) is 0 Å². The Bertz CT molecular complexity index is 1360. The number of methoxy groups -OCH3 is 1. The van der Waals surface area contributed by atoms with Gasteiger partial charge in [-0.05, 0) is 48.7 Å². The number of aromatic nitrogens is 1. The van der Waals surface area contributed by atoms with Crippen molar-refractivity contribution in [1.82, 2.24) is 4.98 Å². The zero-order valence-electron chi connectivity index (χ0n) is 19.1. The van der Waals surface area contributed by atoms with Crippen LogP contribution in [0.4, 0.5) is 14.6 Å². The lowest BCUT2D eigenvalue weighted by atomic mass is 9.91. The quantitative estimate of drug-likeness (QED) is 0.577. The lowest BCUT2D eigenvalue weighted by Crippen LogP contribution is -2.49. The molecule has 178 valence electrons. The Hall–Kier alpha value is -4.05. The van der Waals surface area contributed by atoms with E-state index in [0.29, 0.717) is 48.4 Å². The fourth-order valence-corrected chi connectivity index (χ4v) is 4.21. The van der Waals surface area contributed by atoms with Gasteiger partial charge in [-0.2, -0.15) is 10.5 Å². The van der Waals surface area contributed by atoms with E-state index in [2.05, 4.69) is 6.07 Å². The zero-order valence-corrected chi connectivity index (χ0v) is 19.1. The first kappa shape index (κ1) is 24.1. The number of rotatable bonds is 5. The molecule has 9 heteroatoms. The number of nitriles is 2. The molecule has 3 aromatic rings. The number of aliphatic hydroxyl groups is 1. The van der Waals surface area contributed by atoms with Crippen LogP contribution in [0.5, 0.6) is 5.75 Å². The highest BCUT2D eigenvalue weighted by Gasteiger charge is 2.32. The molecular weight excluding hydrogens is 452 g/mol. The maximum atomic E-state index is 14.6. The van der Waals surface area contributed by atoms with Crippen molar-refractivity contribution in [2.24, 2.45) is 5.73 Å². The predicted octanol–water partition coefficient (Wildman–Crippen LogP) is 3.74. The monoisotopic (exact) mass is 475 g/mol. The molecule has 0 unspecified atom stereocenters. The SMILES string of the molecule is COc1ccc(-c2c(C#N)cc(N3CCC(O)(CN)CC3)nc2-c2ccc(C#N)c(F)c2)cc1F. The van der Waals surface area contributed by atoms with E-state index in [1.807, 2.05) is 4.90 Å². The molecule has 2 aromatic carbocycles. The van der Waals surface area contributed by atoms with Crippen LogP contribution < -0.4 is 15.4 Å². The van der Waals surface area contributed by atoms with Crippen LogP contribution >= 0.6 is 0 Å². The molecule has 2 heterocycles. The Labute approximate surface area is 201 Å². The van der Waals surface area contributed by atoms with Gasteiger partial charge < -0.3 is 20.5 Å². The minimum Gasteiger partial charge on any atom is -0.494 e. The summed E-state index contributed by atoms with van der Waals surface area (Å²) < 4.78 is 34.1. The Morgan fingerprint density at radius 1 is 1.03 bits per heavy atom. The van der Waals surface area contributed by atoms with E-state index in [4.69, 9.17) is 20.7 Å². The molecule has 0 aliphatic carbocycles. The summed E-state index contributed by atoms with van der Waals surface area (Å²) in [6.07, 6.45) is 0.860. The van der Waals surface area contributed by atoms with Crippen LogP contribution in [0.2, 0.25) is 0 Å². The molecule has 0 amide bonds. The van der Waals surface area contributed by atoms with E-state index in [1.54, 1.807) is 24.3 Å². The summed E-state index contributed by atoms with van der Waals surface area (Å²) in [7, 11) is 1.35. The third-order valence-electron chi connectivity index (χ3n) is 6.33. The number of ether oxygens (including phenoxy) is 1. The lowest BCUT2D eigenvalue weighted by molar-refractivity contribution is 0.0249. The Morgan fingerprint density at radius 2 is 1.69 bits per heavy atom. The average molecular weight is 475 g/mol. The van der Waals surface area contributed by atoms with Gasteiger partial charge in [0.2, 0.25) is 0 Å². The maximum absolute atomic E-state index is 14.6. The molecule has 0 spiro atoms. The third-order valence-corrected chi connectivity index (χ3v) is 6.33. The fraction of sp³-hybridized carbons (Fsp3) is 0.269. The molecule has 1 aliphatic rings. The minimum absolute atomic E-state index is 0.0449. The summed E-state index contributed by atoms with van der Waals surface area (Å²) in [6.45, 7) is 1.07. The summed E-state index contributed by atoms with van der Waals surface area (Å²) in [4.78, 5) is 6.68. The van der Waals surface area contributed by atoms with Crippen molar-refractivity contribution >= 4 is 5.82 Å². The largest absolute Gasteiger partial charge is 0.494 e. The summed E-state index contributed by atoms with van der Waals surface area (Å²) in [5.41, 5.74) is 6.15. The van der Waals surface area contributed by atoms with Gasteiger partial charge in [0.05, 0.1) is 35.6 Å². The first-order valence-corrected chi connectivity index (χ1v) is 11.0. The van der Waals surface area contributed by atoms with E-state index < -0.39 is 17.2 Å².